The van der Waals surface area contributed by atoms with Crippen LogP contribution in [0.4, 0.5) is 5.13 Å². The van der Waals surface area contributed by atoms with Gasteiger partial charge in [0.25, 0.3) is 0 Å². The van der Waals surface area contributed by atoms with Gasteiger partial charge in [-0.15, -0.1) is 36.2 Å². The van der Waals surface area contributed by atoms with Crippen LogP contribution in [0.2, 0.25) is 0 Å². The summed E-state index contributed by atoms with van der Waals surface area (Å²) in [6.07, 6.45) is 2.44. The van der Waals surface area contributed by atoms with Gasteiger partial charge in [0.05, 0.1) is 12.1 Å². The molecule has 1 saturated heterocycles. The van der Waals surface area contributed by atoms with Crippen LogP contribution in [-0.2, 0) is 16.0 Å². The molecular weight excluding hydrogens is 371 g/mol. The van der Waals surface area contributed by atoms with Crippen LogP contribution < -0.4 is 10.6 Å². The van der Waals surface area contributed by atoms with Gasteiger partial charge in [0, 0.05) is 30.4 Å². The number of anilines is 1. The molecule has 1 aromatic rings. The van der Waals surface area contributed by atoms with Gasteiger partial charge in [-0.1, -0.05) is 13.8 Å². The van der Waals surface area contributed by atoms with Crippen LogP contribution in [-0.4, -0.2) is 47.9 Å². The molecular formula is C15H26Cl2N4O2S. The van der Waals surface area contributed by atoms with E-state index in [9.17, 15) is 9.59 Å². The molecule has 1 aliphatic heterocycles. The summed E-state index contributed by atoms with van der Waals surface area (Å²) in [5.41, 5.74) is 0.723. The van der Waals surface area contributed by atoms with Crippen molar-refractivity contribution in [2.75, 3.05) is 25.5 Å². The summed E-state index contributed by atoms with van der Waals surface area (Å²) < 4.78 is 0. The van der Waals surface area contributed by atoms with Crippen molar-refractivity contribution >= 4 is 53.1 Å². The molecule has 2 N–H and O–H groups in total. The van der Waals surface area contributed by atoms with E-state index in [2.05, 4.69) is 15.6 Å². The van der Waals surface area contributed by atoms with Gasteiger partial charge in [0.15, 0.2) is 5.13 Å². The van der Waals surface area contributed by atoms with E-state index in [1.165, 1.54) is 11.3 Å². The Labute approximate surface area is 159 Å². The Morgan fingerprint density at radius 3 is 2.75 bits per heavy atom. The highest BCUT2D eigenvalue weighted by molar-refractivity contribution is 7.13. The third-order valence-electron chi connectivity index (χ3n) is 3.82. The zero-order valence-electron chi connectivity index (χ0n) is 14.2. The normalized spacial score (nSPS) is 17.0. The van der Waals surface area contributed by atoms with E-state index in [4.69, 9.17) is 0 Å². The molecule has 1 unspecified atom stereocenters. The van der Waals surface area contributed by atoms with E-state index in [0.717, 1.165) is 31.6 Å². The number of likely N-dealkylation sites (tertiary alicyclic amines) is 1. The summed E-state index contributed by atoms with van der Waals surface area (Å²) in [7, 11) is 1.93. The Morgan fingerprint density at radius 2 is 2.12 bits per heavy atom. The third-order valence-corrected chi connectivity index (χ3v) is 4.63. The first-order valence-corrected chi connectivity index (χ1v) is 8.58. The summed E-state index contributed by atoms with van der Waals surface area (Å²) >= 11 is 1.36. The number of thiazole rings is 1. The maximum absolute atomic E-state index is 12.3. The Bertz CT molecular complexity index is 539. The molecule has 1 aromatic heterocycles. The van der Waals surface area contributed by atoms with Crippen molar-refractivity contribution in [2.45, 2.75) is 39.2 Å². The highest BCUT2D eigenvalue weighted by atomic mass is 35.5. The van der Waals surface area contributed by atoms with Crippen molar-refractivity contribution in [3.05, 3.63) is 11.1 Å². The zero-order chi connectivity index (χ0) is 16.1. The number of carbonyl (C=O) groups excluding carboxylic acids is 2. The average molecular weight is 397 g/mol. The number of hydrogen-bond donors (Lipinski definition) is 2. The molecule has 6 nitrogen and oxygen atoms in total. The Kier molecular flexibility index (Phi) is 10.5. The maximum Gasteiger partial charge on any atom is 0.228 e. The lowest BCUT2D eigenvalue weighted by molar-refractivity contribution is -0.131. The summed E-state index contributed by atoms with van der Waals surface area (Å²) in [5, 5.41) is 8.40. The fourth-order valence-electron chi connectivity index (χ4n) is 2.40. The maximum atomic E-state index is 12.3. The number of carbonyl (C=O) groups is 2. The molecule has 0 spiro atoms. The molecule has 138 valence electrons. The molecule has 1 aliphatic rings. The molecule has 0 bridgehead atoms. The van der Waals surface area contributed by atoms with Crippen LogP contribution in [0.5, 0.6) is 0 Å². The zero-order valence-corrected chi connectivity index (χ0v) is 16.7. The van der Waals surface area contributed by atoms with Gasteiger partial charge < -0.3 is 15.5 Å². The molecule has 9 heteroatoms. The fourth-order valence-corrected chi connectivity index (χ4v) is 3.11. The van der Waals surface area contributed by atoms with Gasteiger partial charge in [-0.25, -0.2) is 4.98 Å². The number of hydrogen-bond acceptors (Lipinski definition) is 5. The second kappa shape index (κ2) is 10.9. The molecule has 2 heterocycles. The first-order chi connectivity index (χ1) is 10.5. The summed E-state index contributed by atoms with van der Waals surface area (Å²) in [4.78, 5) is 30.2. The van der Waals surface area contributed by atoms with E-state index >= 15 is 0 Å². The third kappa shape index (κ3) is 6.55. The van der Waals surface area contributed by atoms with Crippen molar-refractivity contribution in [3.8, 4) is 0 Å². The molecule has 0 aliphatic carbocycles. The Hall–Kier alpha value is -0.890. The van der Waals surface area contributed by atoms with Crippen molar-refractivity contribution in [1.82, 2.24) is 15.2 Å². The topological polar surface area (TPSA) is 74.3 Å². The van der Waals surface area contributed by atoms with Gasteiger partial charge >= 0.3 is 0 Å². The molecule has 2 amide bonds. The van der Waals surface area contributed by atoms with Gasteiger partial charge in [-0.05, 0) is 19.9 Å². The first kappa shape index (κ1) is 23.1. The summed E-state index contributed by atoms with van der Waals surface area (Å²) in [6.45, 7) is 5.25. The van der Waals surface area contributed by atoms with Crippen LogP contribution in [0.3, 0.4) is 0 Å². The molecule has 24 heavy (non-hydrogen) atoms. The lowest BCUT2D eigenvalue weighted by Gasteiger charge is -2.32. The number of nitrogens with zero attached hydrogens (tertiary/aromatic N) is 2. The Balaban J connectivity index is 0.00000264. The van der Waals surface area contributed by atoms with E-state index in [1.54, 1.807) is 0 Å². The first-order valence-electron chi connectivity index (χ1n) is 7.70. The van der Waals surface area contributed by atoms with E-state index in [-0.39, 0.29) is 42.5 Å². The molecule has 0 aromatic carbocycles. The lowest BCUT2D eigenvalue weighted by Crippen LogP contribution is -2.47. The van der Waals surface area contributed by atoms with E-state index < -0.39 is 0 Å². The van der Waals surface area contributed by atoms with Crippen molar-refractivity contribution in [2.24, 2.45) is 5.92 Å². The SMILES string of the molecule is CNC1CCCN(C(=O)Cc2csc(NC(=O)C(C)C)n2)C1.Cl.Cl. The van der Waals surface area contributed by atoms with Crippen molar-refractivity contribution < 1.29 is 9.59 Å². The number of nitrogens with one attached hydrogen (secondary N) is 2. The highest BCUT2D eigenvalue weighted by Crippen LogP contribution is 2.18. The minimum atomic E-state index is -0.0826. The molecule has 1 fully saturated rings. The number of amides is 2. The minimum Gasteiger partial charge on any atom is -0.341 e. The second-order valence-corrected chi connectivity index (χ2v) is 6.79. The summed E-state index contributed by atoms with van der Waals surface area (Å²) in [6, 6.07) is 0.383. The van der Waals surface area contributed by atoms with Crippen molar-refractivity contribution in [3.63, 3.8) is 0 Å². The molecule has 1 atom stereocenters. The number of halogens is 2. The number of rotatable bonds is 5. The van der Waals surface area contributed by atoms with E-state index in [1.807, 2.05) is 31.2 Å². The van der Waals surface area contributed by atoms with Crippen LogP contribution in [0.1, 0.15) is 32.4 Å². The summed E-state index contributed by atoms with van der Waals surface area (Å²) in [5.74, 6) is -0.0343. The Morgan fingerprint density at radius 1 is 1.42 bits per heavy atom. The molecule has 0 saturated carbocycles. The van der Waals surface area contributed by atoms with Crippen LogP contribution in [0.15, 0.2) is 5.38 Å². The lowest BCUT2D eigenvalue weighted by atomic mass is 10.1. The van der Waals surface area contributed by atoms with Crippen LogP contribution in [0, 0.1) is 5.92 Å². The van der Waals surface area contributed by atoms with Crippen LogP contribution in [0.25, 0.3) is 0 Å². The number of aromatic nitrogens is 1. The predicted octanol–water partition coefficient (Wildman–Crippen LogP) is 2.33. The van der Waals surface area contributed by atoms with Crippen molar-refractivity contribution in [1.29, 1.82) is 0 Å². The molecule has 2 rings (SSSR count). The highest BCUT2D eigenvalue weighted by Gasteiger charge is 2.23. The van der Waals surface area contributed by atoms with Gasteiger partial charge in [-0.3, -0.25) is 9.59 Å². The number of likely N-dealkylation sites (N-methyl/N-ethyl adjacent to an activating group) is 1. The second-order valence-electron chi connectivity index (χ2n) is 5.93. The largest absolute Gasteiger partial charge is 0.341 e. The van der Waals surface area contributed by atoms with Gasteiger partial charge in [-0.2, -0.15) is 0 Å². The fraction of sp³-hybridized carbons (Fsp3) is 0.667. The quantitative estimate of drug-likeness (QED) is 0.800. The van der Waals surface area contributed by atoms with Gasteiger partial charge in [0.1, 0.15) is 0 Å². The van der Waals surface area contributed by atoms with Gasteiger partial charge in [0.2, 0.25) is 11.8 Å². The van der Waals surface area contributed by atoms with Crippen LogP contribution >= 0.6 is 36.2 Å². The molecule has 0 radical (unpaired) electrons. The monoisotopic (exact) mass is 396 g/mol. The van der Waals surface area contributed by atoms with E-state index in [0.29, 0.717) is 17.6 Å². The minimum absolute atomic E-state index is 0. The average Bonchev–Trinajstić information content (AvgIpc) is 2.94. The predicted molar refractivity (Wildman–Crippen MR) is 102 cm³/mol. The standard InChI is InChI=1S/C15H24N4O2S.2ClH/c1-10(2)14(21)18-15-17-12(9-22-15)7-13(20)19-6-4-5-11(8-19)16-3;;/h9-11,16H,4-8H2,1-3H3,(H,17,18,21);2*1H. The number of piperidine rings is 1. The smallest absolute Gasteiger partial charge is 0.228 e.